The van der Waals surface area contributed by atoms with Crippen LogP contribution >= 0.6 is 0 Å². The van der Waals surface area contributed by atoms with E-state index in [1.165, 1.54) is 11.1 Å². The van der Waals surface area contributed by atoms with E-state index in [-0.39, 0.29) is 6.17 Å². The van der Waals surface area contributed by atoms with Crippen LogP contribution in [0.15, 0.2) is 77.1 Å². The molecule has 1 aromatic carbocycles. The summed E-state index contributed by atoms with van der Waals surface area (Å²) in [5.41, 5.74) is 6.49. The van der Waals surface area contributed by atoms with E-state index in [0.29, 0.717) is 18.4 Å². The highest BCUT2D eigenvalue weighted by molar-refractivity contribution is 5.95. The average Bonchev–Trinajstić information content (AvgIpc) is 3.25. The number of benzene rings is 1. The Morgan fingerprint density at radius 3 is 2.78 bits per heavy atom. The molecule has 32 heavy (non-hydrogen) atoms. The van der Waals surface area contributed by atoms with Gasteiger partial charge >= 0.3 is 0 Å². The summed E-state index contributed by atoms with van der Waals surface area (Å²) in [4.78, 5) is 6.68. The third-order valence-electron chi connectivity index (χ3n) is 6.11. The largest absolute Gasteiger partial charge is 0.360 e. The number of anilines is 1. The van der Waals surface area contributed by atoms with Crippen LogP contribution in [-0.2, 0) is 6.42 Å². The smallest absolute Gasteiger partial charge is 0.157 e. The van der Waals surface area contributed by atoms with Crippen molar-refractivity contribution >= 4 is 17.0 Å². The average molecular weight is 438 g/mol. The molecular formula is C27H33F2N3. The van der Waals surface area contributed by atoms with Crippen molar-refractivity contribution in [2.75, 3.05) is 12.4 Å². The van der Waals surface area contributed by atoms with E-state index in [4.69, 9.17) is 0 Å². The minimum atomic E-state index is -0.735. The lowest BCUT2D eigenvalue weighted by molar-refractivity contribution is 0.429. The van der Waals surface area contributed by atoms with Crippen LogP contribution in [0.4, 0.5) is 14.5 Å². The second-order valence-corrected chi connectivity index (χ2v) is 8.54. The Bertz CT molecular complexity index is 1040. The summed E-state index contributed by atoms with van der Waals surface area (Å²) in [5, 5.41) is 3.59. The molecule has 2 atom stereocenters. The van der Waals surface area contributed by atoms with Gasteiger partial charge in [0.2, 0.25) is 0 Å². The third kappa shape index (κ3) is 4.93. The fraction of sp³-hybridized carbons (Fsp3) is 0.370. The number of nitrogens with zero attached hydrogens (tertiary/aromatic N) is 2. The second kappa shape index (κ2) is 10.1. The van der Waals surface area contributed by atoms with Crippen molar-refractivity contribution in [2.24, 2.45) is 10.9 Å². The van der Waals surface area contributed by atoms with Crippen LogP contribution < -0.4 is 5.32 Å². The number of nitrogens with one attached hydrogen (secondary N) is 1. The zero-order valence-electron chi connectivity index (χ0n) is 19.7. The lowest BCUT2D eigenvalue weighted by atomic mass is 9.87. The molecule has 0 radical (unpaired) electrons. The van der Waals surface area contributed by atoms with E-state index in [0.717, 1.165) is 29.0 Å². The van der Waals surface area contributed by atoms with Gasteiger partial charge in [0, 0.05) is 31.3 Å². The molecule has 1 heterocycles. The first-order valence-electron chi connectivity index (χ1n) is 11.1. The molecule has 5 heteroatoms. The molecule has 0 aromatic heterocycles. The van der Waals surface area contributed by atoms with E-state index in [9.17, 15) is 8.78 Å². The Morgan fingerprint density at radius 2 is 2.12 bits per heavy atom. The highest BCUT2D eigenvalue weighted by Crippen LogP contribution is 2.39. The zero-order valence-corrected chi connectivity index (χ0v) is 19.7. The minimum Gasteiger partial charge on any atom is -0.360 e. The molecule has 0 saturated heterocycles. The Hall–Kier alpha value is -2.95. The van der Waals surface area contributed by atoms with Crippen LogP contribution in [0.3, 0.4) is 0 Å². The fourth-order valence-electron chi connectivity index (χ4n) is 4.28. The lowest BCUT2D eigenvalue weighted by Gasteiger charge is -2.30. The number of allylic oxidation sites excluding steroid dienone is 7. The lowest BCUT2D eigenvalue weighted by Crippen LogP contribution is -2.41. The van der Waals surface area contributed by atoms with Gasteiger partial charge in [-0.15, -0.1) is 0 Å². The fourth-order valence-corrected chi connectivity index (χ4v) is 4.28. The Balaban J connectivity index is 1.82. The monoisotopic (exact) mass is 437 g/mol. The molecule has 0 bridgehead atoms. The van der Waals surface area contributed by atoms with E-state index in [2.05, 4.69) is 42.0 Å². The molecular weight excluding hydrogens is 404 g/mol. The van der Waals surface area contributed by atoms with Crippen LogP contribution in [0.1, 0.15) is 51.7 Å². The summed E-state index contributed by atoms with van der Waals surface area (Å²) in [5.74, 6) is -1.99. The van der Waals surface area contributed by atoms with Crippen LogP contribution in [0.2, 0.25) is 0 Å². The Morgan fingerprint density at radius 1 is 1.38 bits per heavy atom. The maximum absolute atomic E-state index is 14.6. The van der Waals surface area contributed by atoms with Crippen LogP contribution in [0.25, 0.3) is 5.57 Å². The molecule has 1 aromatic rings. The molecule has 2 aliphatic rings. The number of aryl methyl sites for hydroxylation is 1. The van der Waals surface area contributed by atoms with Gasteiger partial charge in [-0.3, -0.25) is 4.99 Å². The predicted octanol–water partition coefficient (Wildman–Crippen LogP) is 7.33. The number of aliphatic imine (C=N–C) groups is 1. The summed E-state index contributed by atoms with van der Waals surface area (Å²) < 4.78 is 28.8. The van der Waals surface area contributed by atoms with E-state index >= 15 is 0 Å². The van der Waals surface area contributed by atoms with Crippen molar-refractivity contribution in [3.8, 4) is 0 Å². The summed E-state index contributed by atoms with van der Waals surface area (Å²) in [7, 11) is 1.98. The van der Waals surface area contributed by atoms with Gasteiger partial charge in [0.1, 0.15) is 12.0 Å². The van der Waals surface area contributed by atoms with Crippen LogP contribution in [0.5, 0.6) is 0 Å². The first-order valence-corrected chi connectivity index (χ1v) is 11.1. The SMILES string of the molecule is C=C(C)c1ccc(NC(C2=NC=C(C3CC=C(C)C(F)=C3F)C2)N(C)/C=C\C)cc1CC. The molecule has 0 amide bonds. The highest BCUT2D eigenvalue weighted by atomic mass is 19.2. The normalized spacial score (nSPS) is 19.6. The Labute approximate surface area is 190 Å². The molecule has 1 aliphatic carbocycles. The quantitative estimate of drug-likeness (QED) is 0.431. The van der Waals surface area contributed by atoms with Gasteiger partial charge in [-0.2, -0.15) is 0 Å². The maximum Gasteiger partial charge on any atom is 0.157 e. The molecule has 0 fully saturated rings. The number of halogens is 2. The van der Waals surface area contributed by atoms with Crippen molar-refractivity contribution < 1.29 is 8.78 Å². The summed E-state index contributed by atoms with van der Waals surface area (Å²) in [6.07, 6.45) is 9.08. The maximum atomic E-state index is 14.6. The molecule has 170 valence electrons. The molecule has 0 spiro atoms. The van der Waals surface area contributed by atoms with Crippen molar-refractivity contribution in [1.82, 2.24) is 4.90 Å². The highest BCUT2D eigenvalue weighted by Gasteiger charge is 2.31. The molecule has 0 saturated carbocycles. The van der Waals surface area contributed by atoms with Gasteiger partial charge in [0.25, 0.3) is 0 Å². The first kappa shape index (κ1) is 23.7. The first-order chi connectivity index (χ1) is 15.3. The molecule has 1 aliphatic heterocycles. The standard InChI is InChI=1S/C27H33F2N3/c1-7-13-32(6)27(31-21-10-12-22(17(3)4)19(8-2)14-21)24-15-20(16-30-24)23-11-9-18(5)25(28)26(23)29/h7,9-10,12-14,16,23,27,31H,3,8,11,15H2,1-2,4-6H3/b13-7-. The van der Waals surface area contributed by atoms with Gasteiger partial charge in [-0.25, -0.2) is 8.78 Å². The van der Waals surface area contributed by atoms with E-state index < -0.39 is 17.6 Å². The second-order valence-electron chi connectivity index (χ2n) is 8.54. The summed E-state index contributed by atoms with van der Waals surface area (Å²) in [6, 6.07) is 6.29. The van der Waals surface area contributed by atoms with Crippen molar-refractivity contribution in [1.29, 1.82) is 0 Å². The van der Waals surface area contributed by atoms with E-state index in [1.807, 2.05) is 38.1 Å². The van der Waals surface area contributed by atoms with Gasteiger partial charge in [0.05, 0.1) is 5.71 Å². The predicted molar refractivity (Wildman–Crippen MR) is 132 cm³/mol. The number of hydrogen-bond donors (Lipinski definition) is 1. The molecule has 1 N–H and O–H groups in total. The number of rotatable bonds is 8. The topological polar surface area (TPSA) is 27.6 Å². The number of hydrogen-bond acceptors (Lipinski definition) is 3. The molecule has 3 nitrogen and oxygen atoms in total. The zero-order chi connectivity index (χ0) is 23.4. The van der Waals surface area contributed by atoms with Gasteiger partial charge in [-0.1, -0.05) is 37.3 Å². The van der Waals surface area contributed by atoms with Gasteiger partial charge < -0.3 is 10.2 Å². The van der Waals surface area contributed by atoms with Gasteiger partial charge in [0.15, 0.2) is 5.83 Å². The molecule has 2 unspecified atom stereocenters. The van der Waals surface area contributed by atoms with E-state index in [1.54, 1.807) is 19.2 Å². The Kier molecular flexibility index (Phi) is 7.49. The van der Waals surface area contributed by atoms with Crippen molar-refractivity contribution in [2.45, 2.75) is 53.1 Å². The van der Waals surface area contributed by atoms with Crippen LogP contribution in [0, 0.1) is 5.92 Å². The molecule has 3 rings (SSSR count). The minimum absolute atomic E-state index is 0.210. The van der Waals surface area contributed by atoms with Gasteiger partial charge in [-0.05, 0) is 74.2 Å². The third-order valence-corrected chi connectivity index (χ3v) is 6.11. The summed E-state index contributed by atoms with van der Waals surface area (Å²) >= 11 is 0. The van der Waals surface area contributed by atoms with Crippen molar-refractivity contribution in [3.63, 3.8) is 0 Å². The van der Waals surface area contributed by atoms with Crippen LogP contribution in [-0.4, -0.2) is 23.8 Å². The van der Waals surface area contributed by atoms with Crippen molar-refractivity contribution in [3.05, 3.63) is 83.3 Å². The summed E-state index contributed by atoms with van der Waals surface area (Å²) in [6.45, 7) is 11.8.